The summed E-state index contributed by atoms with van der Waals surface area (Å²) in [7, 11) is 0. The third kappa shape index (κ3) is 3.33. The standard InChI is InChI=1S/C14H12N2O5/c1-9-12(4-3-5-13(9)16(18)19)14-7-6-11(20-14)8-15-21-10(2)17/h3-8H,1-2H3/b15-8+. The number of nitro benzene ring substituents is 1. The highest BCUT2D eigenvalue weighted by molar-refractivity contribution is 5.78. The zero-order chi connectivity index (χ0) is 15.4. The maximum Gasteiger partial charge on any atom is 0.331 e. The predicted molar refractivity (Wildman–Crippen MR) is 74.9 cm³/mol. The van der Waals surface area contributed by atoms with Gasteiger partial charge in [0.15, 0.2) is 0 Å². The van der Waals surface area contributed by atoms with Crippen LogP contribution in [0.3, 0.4) is 0 Å². The Balaban J connectivity index is 2.30. The van der Waals surface area contributed by atoms with E-state index in [-0.39, 0.29) is 5.69 Å². The van der Waals surface area contributed by atoms with Crippen LogP contribution in [0.4, 0.5) is 5.69 Å². The molecule has 2 rings (SSSR count). The third-order valence-corrected chi connectivity index (χ3v) is 2.76. The average molecular weight is 288 g/mol. The van der Waals surface area contributed by atoms with Crippen molar-refractivity contribution in [3.63, 3.8) is 0 Å². The minimum absolute atomic E-state index is 0.0269. The first-order chi connectivity index (χ1) is 9.99. The molecule has 0 fully saturated rings. The first-order valence-corrected chi connectivity index (χ1v) is 6.04. The number of nitrogens with zero attached hydrogens (tertiary/aromatic N) is 2. The lowest BCUT2D eigenvalue weighted by molar-refractivity contribution is -0.385. The molecule has 0 amide bonds. The van der Waals surface area contributed by atoms with E-state index in [0.29, 0.717) is 22.6 Å². The van der Waals surface area contributed by atoms with Gasteiger partial charge in [-0.2, -0.15) is 0 Å². The number of oxime groups is 1. The highest BCUT2D eigenvalue weighted by Gasteiger charge is 2.16. The Kier molecular flexibility index (Phi) is 4.13. The maximum atomic E-state index is 10.9. The summed E-state index contributed by atoms with van der Waals surface area (Å²) in [5, 5.41) is 14.4. The number of furan rings is 1. The minimum Gasteiger partial charge on any atom is -0.455 e. The fourth-order valence-electron chi connectivity index (χ4n) is 1.81. The molecule has 2 aromatic rings. The normalized spacial score (nSPS) is 10.8. The number of carbonyl (C=O) groups excluding carboxylic acids is 1. The summed E-state index contributed by atoms with van der Waals surface area (Å²) in [4.78, 5) is 25.5. The van der Waals surface area contributed by atoms with Gasteiger partial charge in [0.25, 0.3) is 5.69 Å². The van der Waals surface area contributed by atoms with Crippen LogP contribution in [0.2, 0.25) is 0 Å². The zero-order valence-electron chi connectivity index (χ0n) is 11.4. The van der Waals surface area contributed by atoms with Crippen LogP contribution in [0.25, 0.3) is 11.3 Å². The molecule has 1 heterocycles. The van der Waals surface area contributed by atoms with Crippen LogP contribution in [-0.4, -0.2) is 17.1 Å². The van der Waals surface area contributed by atoms with Gasteiger partial charge in [0.1, 0.15) is 17.7 Å². The number of nitro groups is 1. The van der Waals surface area contributed by atoms with Gasteiger partial charge >= 0.3 is 5.97 Å². The molecule has 0 atom stereocenters. The summed E-state index contributed by atoms with van der Waals surface area (Å²) in [5.74, 6) is 0.310. The molecule has 0 saturated heterocycles. The Morgan fingerprint density at radius 3 is 2.81 bits per heavy atom. The van der Waals surface area contributed by atoms with Gasteiger partial charge in [-0.05, 0) is 19.1 Å². The monoisotopic (exact) mass is 288 g/mol. The highest BCUT2D eigenvalue weighted by Crippen LogP contribution is 2.30. The summed E-state index contributed by atoms with van der Waals surface area (Å²) in [6.45, 7) is 2.89. The van der Waals surface area contributed by atoms with Crippen LogP contribution in [0.5, 0.6) is 0 Å². The van der Waals surface area contributed by atoms with E-state index in [1.165, 1.54) is 19.2 Å². The van der Waals surface area contributed by atoms with E-state index in [2.05, 4.69) is 9.99 Å². The van der Waals surface area contributed by atoms with Gasteiger partial charge in [0, 0.05) is 24.1 Å². The number of hydrogen-bond donors (Lipinski definition) is 0. The minimum atomic E-state index is -0.535. The van der Waals surface area contributed by atoms with Gasteiger partial charge in [0.05, 0.1) is 4.92 Å². The Morgan fingerprint density at radius 1 is 1.38 bits per heavy atom. The smallest absolute Gasteiger partial charge is 0.331 e. The van der Waals surface area contributed by atoms with E-state index >= 15 is 0 Å². The Labute approximate surface area is 120 Å². The van der Waals surface area contributed by atoms with Gasteiger partial charge < -0.3 is 9.25 Å². The molecular formula is C14H12N2O5. The van der Waals surface area contributed by atoms with Crippen LogP contribution in [-0.2, 0) is 9.63 Å². The molecule has 0 saturated carbocycles. The molecule has 0 bridgehead atoms. The van der Waals surface area contributed by atoms with Crippen molar-refractivity contribution in [3.05, 3.63) is 51.8 Å². The quantitative estimate of drug-likeness (QED) is 0.373. The van der Waals surface area contributed by atoms with Gasteiger partial charge in [-0.15, -0.1) is 0 Å². The number of benzene rings is 1. The molecule has 0 aliphatic rings. The first-order valence-electron chi connectivity index (χ1n) is 6.04. The number of hydrogen-bond acceptors (Lipinski definition) is 6. The second kappa shape index (κ2) is 6.00. The summed E-state index contributed by atoms with van der Waals surface area (Å²) >= 11 is 0. The molecule has 0 N–H and O–H groups in total. The predicted octanol–water partition coefficient (Wildman–Crippen LogP) is 3.06. The lowest BCUT2D eigenvalue weighted by atomic mass is 10.1. The molecule has 108 valence electrons. The maximum absolute atomic E-state index is 10.9. The fraction of sp³-hybridized carbons (Fsp3) is 0.143. The zero-order valence-corrected chi connectivity index (χ0v) is 11.4. The van der Waals surface area contributed by atoms with E-state index in [9.17, 15) is 14.9 Å². The van der Waals surface area contributed by atoms with Crippen molar-refractivity contribution in [1.29, 1.82) is 0 Å². The molecule has 7 nitrogen and oxygen atoms in total. The van der Waals surface area contributed by atoms with E-state index in [0.717, 1.165) is 0 Å². The summed E-state index contributed by atoms with van der Waals surface area (Å²) < 4.78 is 5.50. The van der Waals surface area contributed by atoms with Crippen LogP contribution < -0.4 is 0 Å². The molecule has 1 aromatic heterocycles. The van der Waals surface area contributed by atoms with Crippen molar-refractivity contribution in [3.8, 4) is 11.3 Å². The average Bonchev–Trinajstić information content (AvgIpc) is 2.86. The van der Waals surface area contributed by atoms with E-state index < -0.39 is 10.9 Å². The molecule has 1 aromatic carbocycles. The van der Waals surface area contributed by atoms with Gasteiger partial charge in [0.2, 0.25) is 0 Å². The van der Waals surface area contributed by atoms with E-state index in [1.807, 2.05) is 0 Å². The second-order valence-corrected chi connectivity index (χ2v) is 4.23. The Bertz CT molecular complexity index is 718. The molecule has 0 aliphatic heterocycles. The van der Waals surface area contributed by atoms with Crippen molar-refractivity contribution in [2.75, 3.05) is 0 Å². The van der Waals surface area contributed by atoms with Crippen LogP contribution in [0, 0.1) is 17.0 Å². The number of rotatable bonds is 4. The SMILES string of the molecule is CC(=O)O/N=C/c1ccc(-c2cccc([N+](=O)[O-])c2C)o1. The van der Waals surface area contributed by atoms with Gasteiger partial charge in [-0.3, -0.25) is 10.1 Å². The van der Waals surface area contributed by atoms with Crippen molar-refractivity contribution >= 4 is 17.9 Å². The lowest BCUT2D eigenvalue weighted by Gasteiger charge is -2.02. The van der Waals surface area contributed by atoms with Gasteiger partial charge in [-0.1, -0.05) is 17.3 Å². The third-order valence-electron chi connectivity index (χ3n) is 2.76. The van der Waals surface area contributed by atoms with Crippen molar-refractivity contribution < 1.29 is 19.0 Å². The Hall–Kier alpha value is -2.96. The lowest BCUT2D eigenvalue weighted by Crippen LogP contribution is -1.93. The number of carbonyl (C=O) groups is 1. The molecular weight excluding hydrogens is 276 g/mol. The molecule has 21 heavy (non-hydrogen) atoms. The summed E-state index contributed by atoms with van der Waals surface area (Å²) in [6.07, 6.45) is 1.25. The van der Waals surface area contributed by atoms with Gasteiger partial charge in [-0.25, -0.2) is 4.79 Å². The molecule has 0 aliphatic carbocycles. The molecule has 0 radical (unpaired) electrons. The molecule has 0 unspecified atom stereocenters. The van der Waals surface area contributed by atoms with E-state index in [4.69, 9.17) is 4.42 Å². The fourth-order valence-corrected chi connectivity index (χ4v) is 1.81. The van der Waals surface area contributed by atoms with Crippen LogP contribution >= 0.6 is 0 Å². The molecule has 7 heteroatoms. The Morgan fingerprint density at radius 2 is 2.14 bits per heavy atom. The second-order valence-electron chi connectivity index (χ2n) is 4.23. The van der Waals surface area contributed by atoms with E-state index in [1.54, 1.807) is 31.2 Å². The summed E-state index contributed by atoms with van der Waals surface area (Å²) in [6, 6.07) is 8.05. The first kappa shape index (κ1) is 14.4. The summed E-state index contributed by atoms with van der Waals surface area (Å²) in [5.41, 5.74) is 1.16. The highest BCUT2D eigenvalue weighted by atomic mass is 16.7. The van der Waals surface area contributed by atoms with Crippen molar-refractivity contribution in [1.82, 2.24) is 0 Å². The van der Waals surface area contributed by atoms with Crippen molar-refractivity contribution in [2.24, 2.45) is 5.16 Å². The topological polar surface area (TPSA) is 94.9 Å². The van der Waals surface area contributed by atoms with Crippen LogP contribution in [0.15, 0.2) is 39.9 Å². The molecule has 0 spiro atoms. The van der Waals surface area contributed by atoms with Crippen LogP contribution in [0.1, 0.15) is 18.2 Å². The van der Waals surface area contributed by atoms with Crippen molar-refractivity contribution in [2.45, 2.75) is 13.8 Å². The largest absolute Gasteiger partial charge is 0.455 e.